The molecule has 0 aliphatic carbocycles. The summed E-state index contributed by atoms with van der Waals surface area (Å²) in [5, 5.41) is 12.0. The number of rotatable bonds is 5. The van der Waals surface area contributed by atoms with Crippen molar-refractivity contribution in [3.63, 3.8) is 0 Å². The van der Waals surface area contributed by atoms with Gasteiger partial charge in [-0.1, -0.05) is 30.3 Å². The predicted octanol–water partition coefficient (Wildman–Crippen LogP) is 3.93. The molecule has 0 unspecified atom stereocenters. The van der Waals surface area contributed by atoms with Crippen LogP contribution < -0.4 is 4.74 Å². The molecule has 134 valence electrons. The van der Waals surface area contributed by atoms with E-state index in [4.69, 9.17) is 9.15 Å². The number of hydrogen-bond donors (Lipinski definition) is 1. The first-order valence-electron chi connectivity index (χ1n) is 8.81. The minimum atomic E-state index is -1.18. The van der Waals surface area contributed by atoms with Crippen LogP contribution in [0.1, 0.15) is 18.6 Å². The van der Waals surface area contributed by atoms with Gasteiger partial charge in [0.05, 0.1) is 12.8 Å². The van der Waals surface area contributed by atoms with Crippen LogP contribution >= 0.6 is 0 Å². The Balaban J connectivity index is 1.49. The molecule has 4 rings (SSSR count). The number of benzene rings is 2. The summed E-state index contributed by atoms with van der Waals surface area (Å²) in [5.41, 5.74) is -1.18. The summed E-state index contributed by atoms with van der Waals surface area (Å²) < 4.78 is 11.4. The highest BCUT2D eigenvalue weighted by molar-refractivity contribution is 5.84. The topological polar surface area (TPSA) is 62.9 Å². The first-order chi connectivity index (χ1) is 12.6. The highest BCUT2D eigenvalue weighted by atomic mass is 16.5. The summed E-state index contributed by atoms with van der Waals surface area (Å²) in [6.07, 6.45) is 2.54. The molecule has 1 aliphatic rings. The van der Waals surface area contributed by atoms with E-state index in [1.54, 1.807) is 6.26 Å². The van der Waals surface area contributed by atoms with Gasteiger partial charge in [-0.3, -0.25) is 4.90 Å². The second kappa shape index (κ2) is 6.84. The van der Waals surface area contributed by atoms with Crippen LogP contribution in [0.15, 0.2) is 65.3 Å². The van der Waals surface area contributed by atoms with Gasteiger partial charge in [0.15, 0.2) is 0 Å². The lowest BCUT2D eigenvalue weighted by atomic mass is 9.91. The molecule has 0 atom stereocenters. The van der Waals surface area contributed by atoms with Crippen LogP contribution in [-0.2, 0) is 11.3 Å². The van der Waals surface area contributed by atoms with E-state index in [9.17, 15) is 9.90 Å². The number of ether oxygens (including phenoxy) is 1. The highest BCUT2D eigenvalue weighted by Gasteiger charge is 2.44. The van der Waals surface area contributed by atoms with Gasteiger partial charge in [-0.15, -0.1) is 0 Å². The maximum atomic E-state index is 12.0. The summed E-state index contributed by atoms with van der Waals surface area (Å²) in [6.45, 7) is 2.00. The number of hydrogen-bond acceptors (Lipinski definition) is 4. The molecular weight excluding hydrogens is 330 g/mol. The minimum Gasteiger partial charge on any atom is -0.478 e. The maximum Gasteiger partial charge on any atom is 0.348 e. The van der Waals surface area contributed by atoms with E-state index < -0.39 is 11.6 Å². The van der Waals surface area contributed by atoms with Crippen LogP contribution in [0.2, 0.25) is 0 Å². The Labute approximate surface area is 151 Å². The Morgan fingerprint density at radius 2 is 1.85 bits per heavy atom. The van der Waals surface area contributed by atoms with Crippen molar-refractivity contribution in [2.45, 2.75) is 25.0 Å². The first-order valence-corrected chi connectivity index (χ1v) is 8.81. The Hall–Kier alpha value is -2.79. The van der Waals surface area contributed by atoms with Crippen LogP contribution in [0.25, 0.3) is 10.8 Å². The predicted molar refractivity (Wildman–Crippen MR) is 98.2 cm³/mol. The van der Waals surface area contributed by atoms with Gasteiger partial charge in [-0.25, -0.2) is 4.79 Å². The number of carboxylic acid groups (broad SMARTS) is 1. The average molecular weight is 351 g/mol. The van der Waals surface area contributed by atoms with Crippen LogP contribution in [0.4, 0.5) is 0 Å². The van der Waals surface area contributed by atoms with Crippen molar-refractivity contribution in [2.75, 3.05) is 13.1 Å². The van der Waals surface area contributed by atoms with Gasteiger partial charge in [0.1, 0.15) is 11.5 Å². The standard InChI is InChI=1S/C21H21NO4/c23-20(24)21(9-11-22(12-10-21)15-19-6-3-13-25-19)26-18-8-7-16-4-1-2-5-17(16)14-18/h1-8,13-14H,9-12,15H2,(H,23,24). The fourth-order valence-corrected chi connectivity index (χ4v) is 3.51. The lowest BCUT2D eigenvalue weighted by molar-refractivity contribution is -0.159. The zero-order chi connectivity index (χ0) is 18.0. The lowest BCUT2D eigenvalue weighted by Gasteiger charge is -2.38. The molecule has 2 aromatic carbocycles. The molecule has 0 saturated carbocycles. The number of fused-ring (bicyclic) bond motifs is 1. The van der Waals surface area contributed by atoms with Crippen molar-refractivity contribution in [3.8, 4) is 5.75 Å². The lowest BCUT2D eigenvalue weighted by Crippen LogP contribution is -2.53. The second-order valence-electron chi connectivity index (χ2n) is 6.77. The number of carbonyl (C=O) groups is 1. The van der Waals surface area contributed by atoms with Crippen molar-refractivity contribution >= 4 is 16.7 Å². The third-order valence-corrected chi connectivity index (χ3v) is 5.05. The van der Waals surface area contributed by atoms with E-state index in [1.165, 1.54) is 0 Å². The molecule has 3 aromatic rings. The summed E-state index contributed by atoms with van der Waals surface area (Å²) in [7, 11) is 0. The molecule has 0 spiro atoms. The summed E-state index contributed by atoms with van der Waals surface area (Å²) in [6, 6.07) is 17.5. The van der Waals surface area contributed by atoms with Gasteiger partial charge >= 0.3 is 5.97 Å². The van der Waals surface area contributed by atoms with Crippen molar-refractivity contribution in [2.24, 2.45) is 0 Å². The van der Waals surface area contributed by atoms with Crippen molar-refractivity contribution < 1.29 is 19.1 Å². The van der Waals surface area contributed by atoms with Crippen LogP contribution in [0, 0.1) is 0 Å². The number of piperidine rings is 1. The molecule has 5 nitrogen and oxygen atoms in total. The SMILES string of the molecule is O=C(O)C1(Oc2ccc3ccccc3c2)CCN(Cc2ccco2)CC1. The molecule has 0 bridgehead atoms. The van der Waals surface area contributed by atoms with Gasteiger partial charge in [0.25, 0.3) is 0 Å². The Bertz CT molecular complexity index is 895. The van der Waals surface area contributed by atoms with Crippen molar-refractivity contribution in [1.29, 1.82) is 0 Å². The molecule has 1 saturated heterocycles. The van der Waals surface area contributed by atoms with E-state index in [0.29, 0.717) is 38.2 Å². The smallest absolute Gasteiger partial charge is 0.348 e. The van der Waals surface area contributed by atoms with E-state index in [1.807, 2.05) is 54.6 Å². The van der Waals surface area contributed by atoms with E-state index >= 15 is 0 Å². The van der Waals surface area contributed by atoms with Crippen LogP contribution in [0.5, 0.6) is 5.75 Å². The van der Waals surface area contributed by atoms with Gasteiger partial charge in [0, 0.05) is 25.9 Å². The Morgan fingerprint density at radius 3 is 2.54 bits per heavy atom. The summed E-state index contributed by atoms with van der Waals surface area (Å²) in [5.74, 6) is 0.595. The molecule has 1 aliphatic heterocycles. The molecule has 5 heteroatoms. The van der Waals surface area contributed by atoms with Gasteiger partial charge in [-0.05, 0) is 35.0 Å². The van der Waals surface area contributed by atoms with Crippen LogP contribution in [-0.4, -0.2) is 34.7 Å². The van der Waals surface area contributed by atoms with E-state index in [2.05, 4.69) is 4.90 Å². The van der Waals surface area contributed by atoms with Gasteiger partial charge in [0.2, 0.25) is 5.60 Å². The van der Waals surface area contributed by atoms with Gasteiger partial charge in [-0.2, -0.15) is 0 Å². The molecule has 26 heavy (non-hydrogen) atoms. The molecule has 0 radical (unpaired) electrons. The molecule has 1 aromatic heterocycles. The van der Waals surface area contributed by atoms with E-state index in [-0.39, 0.29) is 0 Å². The first kappa shape index (κ1) is 16.7. The quantitative estimate of drug-likeness (QED) is 0.754. The Kier molecular flexibility index (Phi) is 4.39. The number of carboxylic acids is 1. The fraction of sp³-hybridized carbons (Fsp3) is 0.286. The summed E-state index contributed by atoms with van der Waals surface area (Å²) >= 11 is 0. The number of aliphatic carboxylic acids is 1. The third-order valence-electron chi connectivity index (χ3n) is 5.05. The minimum absolute atomic E-state index is 0.440. The largest absolute Gasteiger partial charge is 0.478 e. The number of furan rings is 1. The van der Waals surface area contributed by atoms with E-state index in [0.717, 1.165) is 16.5 Å². The van der Waals surface area contributed by atoms with Crippen LogP contribution in [0.3, 0.4) is 0 Å². The fourth-order valence-electron chi connectivity index (χ4n) is 3.51. The van der Waals surface area contributed by atoms with Gasteiger partial charge < -0.3 is 14.3 Å². The zero-order valence-corrected chi connectivity index (χ0v) is 14.4. The molecule has 1 fully saturated rings. The monoisotopic (exact) mass is 351 g/mol. The zero-order valence-electron chi connectivity index (χ0n) is 14.4. The number of likely N-dealkylation sites (tertiary alicyclic amines) is 1. The number of nitrogens with zero attached hydrogens (tertiary/aromatic N) is 1. The molecule has 0 amide bonds. The normalized spacial score (nSPS) is 17.2. The average Bonchev–Trinajstić information content (AvgIpc) is 3.16. The molecule has 2 heterocycles. The third kappa shape index (κ3) is 3.30. The maximum absolute atomic E-state index is 12.0. The Morgan fingerprint density at radius 1 is 1.08 bits per heavy atom. The van der Waals surface area contributed by atoms with Crippen molar-refractivity contribution in [3.05, 3.63) is 66.6 Å². The highest BCUT2D eigenvalue weighted by Crippen LogP contribution is 2.31. The molecule has 1 N–H and O–H groups in total. The summed E-state index contributed by atoms with van der Waals surface area (Å²) in [4.78, 5) is 14.2. The van der Waals surface area contributed by atoms with Crippen molar-refractivity contribution in [1.82, 2.24) is 4.90 Å². The second-order valence-corrected chi connectivity index (χ2v) is 6.77. The molecular formula is C21H21NO4.